The van der Waals surface area contributed by atoms with Crippen molar-refractivity contribution < 1.29 is 0 Å². The number of rotatable bonds is 2. The lowest BCUT2D eigenvalue weighted by atomic mass is 9.99. The van der Waals surface area contributed by atoms with Gasteiger partial charge < -0.3 is 11.1 Å². The molecule has 3 N–H and O–H groups in total. The Morgan fingerprint density at radius 3 is 1.42 bits per heavy atom. The van der Waals surface area contributed by atoms with E-state index in [2.05, 4.69) is 39.9 Å². The molecule has 0 aromatic carbocycles. The summed E-state index contributed by atoms with van der Waals surface area (Å²) in [5.74, 6) is 0. The highest BCUT2D eigenvalue weighted by atomic mass is 15.0. The fourth-order valence-electron chi connectivity index (χ4n) is 1.07. The second-order valence-electron chi connectivity index (χ2n) is 4.46. The van der Waals surface area contributed by atoms with Gasteiger partial charge in [0, 0.05) is 17.6 Å². The molecular formula is C10H26N2. The summed E-state index contributed by atoms with van der Waals surface area (Å²) in [5.41, 5.74) is 5.76. The summed E-state index contributed by atoms with van der Waals surface area (Å²) in [4.78, 5) is 0. The van der Waals surface area contributed by atoms with E-state index < -0.39 is 0 Å². The molecule has 0 unspecified atom stereocenters. The van der Waals surface area contributed by atoms with E-state index in [1.54, 1.807) is 0 Å². The summed E-state index contributed by atoms with van der Waals surface area (Å²) in [6, 6.07) is 0. The Morgan fingerprint density at radius 2 is 1.33 bits per heavy atom. The highest BCUT2D eigenvalue weighted by Gasteiger charge is 2.21. The summed E-state index contributed by atoms with van der Waals surface area (Å²) >= 11 is 0. The highest BCUT2D eigenvalue weighted by molar-refractivity contribution is 4.85. The minimum Gasteiger partial charge on any atom is -0.329 e. The van der Waals surface area contributed by atoms with Crippen LogP contribution in [-0.4, -0.2) is 17.6 Å². The van der Waals surface area contributed by atoms with Gasteiger partial charge in [-0.2, -0.15) is 0 Å². The van der Waals surface area contributed by atoms with E-state index in [0.717, 1.165) is 0 Å². The average Bonchev–Trinajstić information content (AvgIpc) is 1.88. The zero-order valence-corrected chi connectivity index (χ0v) is 9.78. The maximum atomic E-state index is 5.55. The predicted molar refractivity (Wildman–Crippen MR) is 57.4 cm³/mol. The van der Waals surface area contributed by atoms with E-state index in [1.807, 2.05) is 13.8 Å². The Balaban J connectivity index is 0. The monoisotopic (exact) mass is 174 g/mol. The maximum absolute atomic E-state index is 5.55. The van der Waals surface area contributed by atoms with Gasteiger partial charge >= 0.3 is 0 Å². The lowest BCUT2D eigenvalue weighted by Crippen LogP contribution is -2.54. The van der Waals surface area contributed by atoms with Crippen molar-refractivity contribution >= 4 is 0 Å². The molecular weight excluding hydrogens is 148 g/mol. The number of hydrogen-bond acceptors (Lipinski definition) is 2. The van der Waals surface area contributed by atoms with Crippen molar-refractivity contribution in [1.82, 2.24) is 5.32 Å². The Kier molecular flexibility index (Phi) is 6.68. The molecule has 0 aliphatic carbocycles. The molecule has 0 rings (SSSR count). The fourth-order valence-corrected chi connectivity index (χ4v) is 1.07. The molecule has 0 heterocycles. The SMILES string of the molecule is CC.CC(C)(C)NC(C)(C)CN. The smallest absolute Gasteiger partial charge is 0.0252 e. The molecule has 0 spiro atoms. The first-order valence-electron chi connectivity index (χ1n) is 4.76. The van der Waals surface area contributed by atoms with Gasteiger partial charge in [-0.25, -0.2) is 0 Å². The standard InChI is InChI=1S/C8H20N2.C2H6/c1-7(2,3)10-8(4,5)6-9;1-2/h10H,6,9H2,1-5H3;1-2H3. The van der Waals surface area contributed by atoms with Crippen molar-refractivity contribution in [1.29, 1.82) is 0 Å². The zero-order chi connectivity index (χ0) is 10.4. The van der Waals surface area contributed by atoms with Crippen molar-refractivity contribution in [2.75, 3.05) is 6.54 Å². The molecule has 0 saturated heterocycles. The van der Waals surface area contributed by atoms with Crippen LogP contribution in [0.5, 0.6) is 0 Å². The van der Waals surface area contributed by atoms with Crippen molar-refractivity contribution in [3.63, 3.8) is 0 Å². The summed E-state index contributed by atoms with van der Waals surface area (Å²) in [6.45, 7) is 15.3. The van der Waals surface area contributed by atoms with Gasteiger partial charge in [0.15, 0.2) is 0 Å². The zero-order valence-electron chi connectivity index (χ0n) is 9.78. The van der Waals surface area contributed by atoms with Crippen LogP contribution in [0.3, 0.4) is 0 Å². The molecule has 0 aliphatic rings. The molecule has 12 heavy (non-hydrogen) atoms. The van der Waals surface area contributed by atoms with Gasteiger partial charge in [-0.15, -0.1) is 0 Å². The van der Waals surface area contributed by atoms with Crippen LogP contribution >= 0.6 is 0 Å². The van der Waals surface area contributed by atoms with Gasteiger partial charge in [-0.1, -0.05) is 13.8 Å². The first-order valence-corrected chi connectivity index (χ1v) is 4.76. The largest absolute Gasteiger partial charge is 0.329 e. The van der Waals surface area contributed by atoms with Gasteiger partial charge in [0.1, 0.15) is 0 Å². The van der Waals surface area contributed by atoms with Crippen LogP contribution in [0, 0.1) is 0 Å². The lowest BCUT2D eigenvalue weighted by molar-refractivity contribution is 0.289. The molecule has 0 amide bonds. The molecule has 0 fully saturated rings. The van der Waals surface area contributed by atoms with E-state index in [-0.39, 0.29) is 11.1 Å². The minimum absolute atomic E-state index is 0.0538. The Morgan fingerprint density at radius 1 is 1.00 bits per heavy atom. The van der Waals surface area contributed by atoms with E-state index in [1.165, 1.54) is 0 Å². The third-order valence-corrected chi connectivity index (χ3v) is 1.22. The molecule has 0 aromatic rings. The summed E-state index contributed by atoms with van der Waals surface area (Å²) in [5, 5.41) is 3.42. The molecule has 0 bridgehead atoms. The van der Waals surface area contributed by atoms with Crippen molar-refractivity contribution in [3.05, 3.63) is 0 Å². The average molecular weight is 174 g/mol. The summed E-state index contributed by atoms with van der Waals surface area (Å²) in [6.07, 6.45) is 0. The minimum atomic E-state index is 0.0538. The molecule has 2 heteroatoms. The summed E-state index contributed by atoms with van der Waals surface area (Å²) < 4.78 is 0. The van der Waals surface area contributed by atoms with E-state index in [9.17, 15) is 0 Å². The van der Waals surface area contributed by atoms with Gasteiger partial charge in [-0.05, 0) is 34.6 Å². The number of nitrogens with one attached hydrogen (secondary N) is 1. The van der Waals surface area contributed by atoms with Crippen LogP contribution in [0.25, 0.3) is 0 Å². The van der Waals surface area contributed by atoms with E-state index >= 15 is 0 Å². The topological polar surface area (TPSA) is 38.0 Å². The molecule has 0 radical (unpaired) electrons. The molecule has 0 saturated carbocycles. The first-order chi connectivity index (χ1) is 5.27. The van der Waals surface area contributed by atoms with Gasteiger partial charge in [0.05, 0.1) is 0 Å². The molecule has 0 atom stereocenters. The summed E-state index contributed by atoms with van der Waals surface area (Å²) in [7, 11) is 0. The van der Waals surface area contributed by atoms with Gasteiger partial charge in [0.25, 0.3) is 0 Å². The van der Waals surface area contributed by atoms with Gasteiger partial charge in [-0.3, -0.25) is 0 Å². The normalized spacial score (nSPS) is 12.0. The highest BCUT2D eigenvalue weighted by Crippen LogP contribution is 2.07. The van der Waals surface area contributed by atoms with Crippen LogP contribution in [-0.2, 0) is 0 Å². The van der Waals surface area contributed by atoms with Crippen molar-refractivity contribution in [2.24, 2.45) is 5.73 Å². The number of nitrogens with two attached hydrogens (primary N) is 1. The molecule has 0 aromatic heterocycles. The van der Waals surface area contributed by atoms with Crippen LogP contribution in [0.15, 0.2) is 0 Å². The predicted octanol–water partition coefficient (Wildman–Crippen LogP) is 2.14. The quantitative estimate of drug-likeness (QED) is 0.673. The van der Waals surface area contributed by atoms with Crippen molar-refractivity contribution in [3.8, 4) is 0 Å². The second kappa shape index (κ2) is 5.55. The third-order valence-electron chi connectivity index (χ3n) is 1.22. The third kappa shape index (κ3) is 9.92. The maximum Gasteiger partial charge on any atom is 0.0252 e. The fraction of sp³-hybridized carbons (Fsp3) is 1.00. The van der Waals surface area contributed by atoms with Crippen LogP contribution < -0.4 is 11.1 Å². The Bertz CT molecular complexity index is 101. The van der Waals surface area contributed by atoms with E-state index in [0.29, 0.717) is 6.54 Å². The Hall–Kier alpha value is -0.0800. The second-order valence-corrected chi connectivity index (χ2v) is 4.46. The molecule has 76 valence electrons. The lowest BCUT2D eigenvalue weighted by Gasteiger charge is -2.33. The van der Waals surface area contributed by atoms with Crippen molar-refractivity contribution in [2.45, 2.75) is 59.5 Å². The molecule has 2 nitrogen and oxygen atoms in total. The number of hydrogen-bond donors (Lipinski definition) is 2. The molecule has 0 aliphatic heterocycles. The Labute approximate surface area is 77.9 Å². The van der Waals surface area contributed by atoms with Gasteiger partial charge in [0.2, 0.25) is 0 Å². The van der Waals surface area contributed by atoms with E-state index in [4.69, 9.17) is 5.73 Å². The van der Waals surface area contributed by atoms with Crippen LogP contribution in [0.1, 0.15) is 48.5 Å². The first kappa shape index (κ1) is 14.4. The van der Waals surface area contributed by atoms with Crippen LogP contribution in [0.4, 0.5) is 0 Å². The van der Waals surface area contributed by atoms with Crippen LogP contribution in [0.2, 0.25) is 0 Å².